The van der Waals surface area contributed by atoms with Crippen molar-refractivity contribution in [3.05, 3.63) is 23.8 Å². The molecule has 0 spiro atoms. The Kier molecular flexibility index (Phi) is 3.66. The lowest BCUT2D eigenvalue weighted by molar-refractivity contribution is 0.415. The number of hydrogen-bond donors (Lipinski definition) is 1. The topological polar surface area (TPSA) is 86.7 Å². The summed E-state index contributed by atoms with van der Waals surface area (Å²) in [5.74, 6) is -0.556. The molecular weight excluding hydrogens is 300 g/mol. The largest absolute Gasteiger partial charge is 0.398 e. The van der Waals surface area contributed by atoms with Gasteiger partial charge in [-0.2, -0.15) is 0 Å². The molecule has 1 aliphatic rings. The molecule has 1 saturated heterocycles. The Morgan fingerprint density at radius 3 is 2.62 bits per heavy atom. The van der Waals surface area contributed by atoms with Crippen molar-refractivity contribution in [2.45, 2.75) is 18.9 Å². The molecule has 3 rings (SSSR count). The third-order valence-corrected chi connectivity index (χ3v) is 4.91. The van der Waals surface area contributed by atoms with Crippen LogP contribution in [0.2, 0.25) is 0 Å². The minimum Gasteiger partial charge on any atom is -0.398 e. The van der Waals surface area contributed by atoms with Crippen molar-refractivity contribution >= 4 is 16.5 Å². The average Bonchev–Trinajstić information content (AvgIpc) is 2.93. The maximum Gasteiger partial charge on any atom is 0.184 e. The van der Waals surface area contributed by atoms with Crippen molar-refractivity contribution in [3.8, 4) is 11.4 Å². The Balaban J connectivity index is 1.99. The number of nitrogens with zero attached hydrogens (tertiary/aromatic N) is 4. The number of hydrogen-bond acceptors (Lipinski definition) is 5. The van der Waals surface area contributed by atoms with E-state index in [1.165, 1.54) is 0 Å². The van der Waals surface area contributed by atoms with Gasteiger partial charge < -0.3 is 5.73 Å². The fourth-order valence-corrected chi connectivity index (χ4v) is 3.67. The van der Waals surface area contributed by atoms with Gasteiger partial charge >= 0.3 is 0 Å². The van der Waals surface area contributed by atoms with Gasteiger partial charge in [0.1, 0.15) is 0 Å². The molecule has 1 aromatic carbocycles. The van der Waals surface area contributed by atoms with Crippen LogP contribution in [0.1, 0.15) is 18.9 Å². The molecule has 6 nitrogen and oxygen atoms in total. The van der Waals surface area contributed by atoms with Gasteiger partial charge in [0.15, 0.2) is 17.5 Å². The van der Waals surface area contributed by atoms with E-state index in [1.54, 1.807) is 4.68 Å². The fraction of sp³-hybridized carbons (Fsp3) is 0.417. The zero-order valence-electron chi connectivity index (χ0n) is 11.0. The lowest BCUT2D eigenvalue weighted by Crippen LogP contribution is -2.23. The summed E-state index contributed by atoms with van der Waals surface area (Å²) in [6.07, 6.45) is 1.35. The summed E-state index contributed by atoms with van der Waals surface area (Å²) < 4.78 is 39.5. The summed E-state index contributed by atoms with van der Waals surface area (Å²) in [4.78, 5) is 0. The summed E-state index contributed by atoms with van der Waals surface area (Å²) in [6, 6.07) is 1.90. The first-order valence-corrected chi connectivity index (χ1v) is 7.93. The Morgan fingerprint density at radius 1 is 1.24 bits per heavy atom. The highest BCUT2D eigenvalue weighted by Crippen LogP contribution is 2.30. The molecule has 0 aliphatic carbocycles. The van der Waals surface area contributed by atoms with E-state index in [-0.39, 0.29) is 17.3 Å². The standard InChI is InChI=1S/C12H13F2N5OS/c13-9-5-8(11(15)6-10(9)14)12-16-17-18-19(12)7-1-3-21(20)4-2-7/h5-7H,1-4,15H2. The molecule has 2 N–H and O–H groups in total. The first kappa shape index (κ1) is 14.1. The maximum absolute atomic E-state index is 13.4. The summed E-state index contributed by atoms with van der Waals surface area (Å²) in [7, 11) is -0.801. The van der Waals surface area contributed by atoms with Gasteiger partial charge in [-0.3, -0.25) is 4.21 Å². The Morgan fingerprint density at radius 2 is 1.90 bits per heavy atom. The van der Waals surface area contributed by atoms with E-state index in [0.717, 1.165) is 12.1 Å². The van der Waals surface area contributed by atoms with Gasteiger partial charge in [0, 0.05) is 39.6 Å². The molecule has 0 saturated carbocycles. The van der Waals surface area contributed by atoms with Crippen LogP contribution in [0.3, 0.4) is 0 Å². The van der Waals surface area contributed by atoms with Crippen molar-refractivity contribution in [2.24, 2.45) is 0 Å². The Bertz CT molecular complexity index is 695. The molecule has 0 amide bonds. The third kappa shape index (κ3) is 2.65. The van der Waals surface area contributed by atoms with Crippen LogP contribution in [-0.2, 0) is 10.8 Å². The van der Waals surface area contributed by atoms with Crippen LogP contribution >= 0.6 is 0 Å². The zero-order valence-corrected chi connectivity index (χ0v) is 11.8. The van der Waals surface area contributed by atoms with Crippen molar-refractivity contribution < 1.29 is 13.0 Å². The smallest absolute Gasteiger partial charge is 0.184 e. The summed E-state index contributed by atoms with van der Waals surface area (Å²) in [5.41, 5.74) is 6.07. The Hall–Kier alpha value is -1.90. The molecule has 9 heteroatoms. The number of rotatable bonds is 2. The van der Waals surface area contributed by atoms with E-state index < -0.39 is 22.4 Å². The minimum absolute atomic E-state index is 0.0137. The SMILES string of the molecule is Nc1cc(F)c(F)cc1-c1nnnn1C1CCS(=O)CC1. The van der Waals surface area contributed by atoms with E-state index in [1.807, 2.05) is 0 Å². The first-order chi connectivity index (χ1) is 10.1. The van der Waals surface area contributed by atoms with Gasteiger partial charge in [0.05, 0.1) is 6.04 Å². The first-order valence-electron chi connectivity index (χ1n) is 6.44. The molecule has 112 valence electrons. The highest BCUT2D eigenvalue weighted by atomic mass is 32.2. The second kappa shape index (κ2) is 5.47. The van der Waals surface area contributed by atoms with Crippen LogP contribution in [0.15, 0.2) is 12.1 Å². The van der Waals surface area contributed by atoms with Crippen LogP contribution in [0.4, 0.5) is 14.5 Å². The normalized spacial score (nSPS) is 22.4. The molecule has 2 aromatic rings. The van der Waals surface area contributed by atoms with Gasteiger partial charge in [-0.15, -0.1) is 5.10 Å². The van der Waals surface area contributed by atoms with E-state index in [2.05, 4.69) is 15.5 Å². The molecule has 0 atom stereocenters. The molecule has 1 fully saturated rings. The lowest BCUT2D eigenvalue weighted by Gasteiger charge is -2.22. The second-order valence-electron chi connectivity index (χ2n) is 4.88. The van der Waals surface area contributed by atoms with Crippen LogP contribution in [-0.4, -0.2) is 35.9 Å². The second-order valence-corrected chi connectivity index (χ2v) is 6.58. The molecule has 21 heavy (non-hydrogen) atoms. The van der Waals surface area contributed by atoms with Gasteiger partial charge in [0.2, 0.25) is 0 Å². The maximum atomic E-state index is 13.4. The predicted molar refractivity (Wildman–Crippen MR) is 73.7 cm³/mol. The monoisotopic (exact) mass is 313 g/mol. The molecule has 0 radical (unpaired) electrons. The molecular formula is C12H13F2N5OS. The van der Waals surface area contributed by atoms with Crippen molar-refractivity contribution in [1.82, 2.24) is 20.2 Å². The number of tetrazole rings is 1. The number of nitrogens with two attached hydrogens (primary N) is 1. The van der Waals surface area contributed by atoms with Gasteiger partial charge in [-0.05, 0) is 29.3 Å². The van der Waals surface area contributed by atoms with E-state index in [0.29, 0.717) is 30.2 Å². The average molecular weight is 313 g/mol. The van der Waals surface area contributed by atoms with E-state index in [4.69, 9.17) is 5.73 Å². The predicted octanol–water partition coefficient (Wildman–Crippen LogP) is 1.28. The molecule has 0 unspecified atom stereocenters. The van der Waals surface area contributed by atoms with Gasteiger partial charge in [0.25, 0.3) is 0 Å². The zero-order chi connectivity index (χ0) is 15.0. The molecule has 1 aliphatic heterocycles. The fourth-order valence-electron chi connectivity index (χ4n) is 2.40. The molecule has 2 heterocycles. The van der Waals surface area contributed by atoms with Crippen molar-refractivity contribution in [2.75, 3.05) is 17.2 Å². The highest BCUT2D eigenvalue weighted by Gasteiger charge is 2.25. The number of halogens is 2. The molecule has 0 bridgehead atoms. The Labute approximate surface area is 121 Å². The van der Waals surface area contributed by atoms with Crippen LogP contribution < -0.4 is 5.73 Å². The van der Waals surface area contributed by atoms with Gasteiger partial charge in [-0.1, -0.05) is 0 Å². The van der Waals surface area contributed by atoms with Crippen LogP contribution in [0.5, 0.6) is 0 Å². The third-order valence-electron chi connectivity index (χ3n) is 3.53. The lowest BCUT2D eigenvalue weighted by atomic mass is 10.1. The quantitative estimate of drug-likeness (QED) is 0.844. The number of aromatic nitrogens is 4. The number of anilines is 1. The van der Waals surface area contributed by atoms with E-state index >= 15 is 0 Å². The van der Waals surface area contributed by atoms with Crippen molar-refractivity contribution in [1.29, 1.82) is 0 Å². The summed E-state index contributed by atoms with van der Waals surface area (Å²) >= 11 is 0. The van der Waals surface area contributed by atoms with Crippen LogP contribution in [0.25, 0.3) is 11.4 Å². The molecule has 1 aromatic heterocycles. The van der Waals surface area contributed by atoms with Crippen molar-refractivity contribution in [3.63, 3.8) is 0 Å². The summed E-state index contributed by atoms with van der Waals surface area (Å²) in [6.45, 7) is 0. The van der Waals surface area contributed by atoms with Gasteiger partial charge in [-0.25, -0.2) is 13.5 Å². The number of nitrogen functional groups attached to an aromatic ring is 1. The number of benzene rings is 1. The highest BCUT2D eigenvalue weighted by molar-refractivity contribution is 7.85. The van der Waals surface area contributed by atoms with E-state index in [9.17, 15) is 13.0 Å². The summed E-state index contributed by atoms with van der Waals surface area (Å²) in [5, 5.41) is 11.4. The van der Waals surface area contributed by atoms with Crippen LogP contribution in [0, 0.1) is 11.6 Å². The minimum atomic E-state index is -1.01.